The van der Waals surface area contributed by atoms with E-state index in [1.807, 2.05) is 18.2 Å². The molecular formula is C15H25IN4O2. The Kier molecular flexibility index (Phi) is 10.3. The van der Waals surface area contributed by atoms with Gasteiger partial charge in [-0.05, 0) is 31.0 Å². The zero-order chi connectivity index (χ0) is 15.7. The maximum atomic E-state index is 10.7. The minimum Gasteiger partial charge on any atom is -0.484 e. The van der Waals surface area contributed by atoms with Gasteiger partial charge < -0.3 is 21.1 Å². The third-order valence-electron chi connectivity index (χ3n) is 2.96. The lowest BCUT2D eigenvalue weighted by Crippen LogP contribution is -2.41. The molecule has 0 bridgehead atoms. The molecule has 0 aromatic heterocycles. The molecule has 1 amide bonds. The number of nitrogens with one attached hydrogen (secondary N) is 2. The molecule has 22 heavy (non-hydrogen) atoms. The maximum absolute atomic E-state index is 10.7. The largest absolute Gasteiger partial charge is 0.484 e. The Hall–Kier alpha value is -1.51. The number of carbonyl (C=O) groups excluding carboxylic acids is 1. The van der Waals surface area contributed by atoms with Crippen LogP contribution in [0.25, 0.3) is 0 Å². The lowest BCUT2D eigenvalue weighted by molar-refractivity contribution is -0.119. The number of halogens is 1. The minimum absolute atomic E-state index is 0. The maximum Gasteiger partial charge on any atom is 0.255 e. The molecule has 1 aromatic rings. The van der Waals surface area contributed by atoms with Gasteiger partial charge in [0.1, 0.15) is 5.75 Å². The lowest BCUT2D eigenvalue weighted by atomic mass is 10.2. The van der Waals surface area contributed by atoms with E-state index in [2.05, 4.69) is 29.5 Å². The van der Waals surface area contributed by atoms with Crippen LogP contribution in [-0.4, -0.2) is 31.6 Å². The van der Waals surface area contributed by atoms with Crippen molar-refractivity contribution in [2.24, 2.45) is 10.7 Å². The second-order valence-electron chi connectivity index (χ2n) is 4.78. The van der Waals surface area contributed by atoms with Crippen LogP contribution in [0.2, 0.25) is 0 Å². The number of benzene rings is 1. The number of ether oxygens (including phenoxy) is 1. The molecule has 0 aliphatic heterocycles. The van der Waals surface area contributed by atoms with Gasteiger partial charge in [-0.1, -0.05) is 19.1 Å². The van der Waals surface area contributed by atoms with Gasteiger partial charge in [-0.2, -0.15) is 0 Å². The zero-order valence-electron chi connectivity index (χ0n) is 13.3. The molecule has 1 rings (SSSR count). The summed E-state index contributed by atoms with van der Waals surface area (Å²) in [4.78, 5) is 14.9. The average molecular weight is 420 g/mol. The first-order valence-corrected chi connectivity index (χ1v) is 7.02. The molecule has 0 radical (unpaired) electrons. The highest BCUT2D eigenvalue weighted by atomic mass is 127. The first kappa shape index (κ1) is 20.5. The topological polar surface area (TPSA) is 88.7 Å². The van der Waals surface area contributed by atoms with Gasteiger partial charge in [0.25, 0.3) is 5.91 Å². The number of guanidine groups is 1. The number of aliphatic imine (C=N–C) groups is 1. The molecule has 6 nitrogen and oxygen atoms in total. The van der Waals surface area contributed by atoms with Gasteiger partial charge in [0.15, 0.2) is 12.6 Å². The number of hydrogen-bond acceptors (Lipinski definition) is 3. The quantitative estimate of drug-likeness (QED) is 0.356. The normalized spacial score (nSPS) is 12.0. The molecule has 0 aliphatic carbocycles. The van der Waals surface area contributed by atoms with Crippen molar-refractivity contribution in [2.45, 2.75) is 32.9 Å². The van der Waals surface area contributed by atoms with E-state index in [1.54, 1.807) is 13.1 Å². The lowest BCUT2D eigenvalue weighted by Gasteiger charge is -2.16. The van der Waals surface area contributed by atoms with Crippen LogP contribution in [-0.2, 0) is 11.3 Å². The summed E-state index contributed by atoms with van der Waals surface area (Å²) >= 11 is 0. The Morgan fingerprint density at radius 2 is 2.18 bits per heavy atom. The van der Waals surface area contributed by atoms with Crippen molar-refractivity contribution >= 4 is 35.8 Å². The number of primary amides is 1. The first-order chi connectivity index (χ1) is 10.0. The molecule has 0 fully saturated rings. The molecule has 7 heteroatoms. The van der Waals surface area contributed by atoms with Gasteiger partial charge in [0, 0.05) is 19.6 Å². The van der Waals surface area contributed by atoms with Crippen molar-refractivity contribution in [2.75, 3.05) is 13.7 Å². The summed E-state index contributed by atoms with van der Waals surface area (Å²) in [6.07, 6.45) is 1.02. The van der Waals surface area contributed by atoms with Crippen LogP contribution in [0.3, 0.4) is 0 Å². The van der Waals surface area contributed by atoms with Gasteiger partial charge in [0.05, 0.1) is 0 Å². The van der Waals surface area contributed by atoms with Crippen LogP contribution in [0.15, 0.2) is 29.3 Å². The SMILES string of the molecule is CCC(C)NC(=NC)NCc1cccc(OCC(N)=O)c1.I. The summed E-state index contributed by atoms with van der Waals surface area (Å²) < 4.78 is 5.27. The number of carbonyl (C=O) groups is 1. The third kappa shape index (κ3) is 8.06. The van der Waals surface area contributed by atoms with Crippen molar-refractivity contribution in [3.8, 4) is 5.75 Å². The molecule has 1 unspecified atom stereocenters. The second kappa shape index (κ2) is 11.1. The van der Waals surface area contributed by atoms with Crippen molar-refractivity contribution in [3.63, 3.8) is 0 Å². The van der Waals surface area contributed by atoms with E-state index < -0.39 is 5.91 Å². The Labute approximate surface area is 148 Å². The average Bonchev–Trinajstić information content (AvgIpc) is 2.49. The van der Waals surface area contributed by atoms with Crippen LogP contribution in [0.5, 0.6) is 5.75 Å². The number of hydrogen-bond donors (Lipinski definition) is 3. The molecule has 0 aliphatic rings. The van der Waals surface area contributed by atoms with E-state index in [1.165, 1.54) is 0 Å². The molecule has 0 saturated carbocycles. The standard InChI is InChI=1S/C15H24N4O2.HI/c1-4-11(2)19-15(17-3)18-9-12-6-5-7-13(8-12)21-10-14(16)20;/h5-8,11H,4,9-10H2,1-3H3,(H2,16,20)(H2,17,18,19);1H. The third-order valence-corrected chi connectivity index (χ3v) is 2.96. The highest BCUT2D eigenvalue weighted by Gasteiger charge is 2.04. The predicted octanol–water partition coefficient (Wildman–Crippen LogP) is 1.63. The van der Waals surface area contributed by atoms with Gasteiger partial charge in [-0.15, -0.1) is 24.0 Å². The molecular weight excluding hydrogens is 395 g/mol. The molecule has 4 N–H and O–H groups in total. The van der Waals surface area contributed by atoms with Gasteiger partial charge in [0.2, 0.25) is 0 Å². The van der Waals surface area contributed by atoms with Gasteiger partial charge >= 0.3 is 0 Å². The van der Waals surface area contributed by atoms with E-state index in [9.17, 15) is 4.79 Å². The van der Waals surface area contributed by atoms with Crippen molar-refractivity contribution in [3.05, 3.63) is 29.8 Å². The Morgan fingerprint density at radius 1 is 1.45 bits per heavy atom. The molecule has 124 valence electrons. The van der Waals surface area contributed by atoms with E-state index in [4.69, 9.17) is 10.5 Å². The fraction of sp³-hybridized carbons (Fsp3) is 0.467. The fourth-order valence-electron chi connectivity index (χ4n) is 1.62. The zero-order valence-corrected chi connectivity index (χ0v) is 15.6. The molecule has 1 aromatic carbocycles. The van der Waals surface area contributed by atoms with Crippen molar-refractivity contribution in [1.82, 2.24) is 10.6 Å². The molecule has 0 saturated heterocycles. The number of rotatable bonds is 7. The number of amides is 1. The summed E-state index contributed by atoms with van der Waals surface area (Å²) in [5.74, 6) is 0.891. The minimum atomic E-state index is -0.489. The second-order valence-corrected chi connectivity index (χ2v) is 4.78. The van der Waals surface area contributed by atoms with Crippen LogP contribution in [0.1, 0.15) is 25.8 Å². The van der Waals surface area contributed by atoms with Crippen LogP contribution < -0.4 is 21.1 Å². The van der Waals surface area contributed by atoms with Crippen molar-refractivity contribution in [1.29, 1.82) is 0 Å². The van der Waals surface area contributed by atoms with Crippen LogP contribution >= 0.6 is 24.0 Å². The van der Waals surface area contributed by atoms with Gasteiger partial charge in [-0.25, -0.2) is 0 Å². The number of nitrogens with two attached hydrogens (primary N) is 1. The van der Waals surface area contributed by atoms with E-state index in [0.717, 1.165) is 17.9 Å². The number of nitrogens with zero attached hydrogens (tertiary/aromatic N) is 1. The first-order valence-electron chi connectivity index (χ1n) is 7.02. The smallest absolute Gasteiger partial charge is 0.255 e. The monoisotopic (exact) mass is 420 g/mol. The van der Waals surface area contributed by atoms with E-state index in [0.29, 0.717) is 18.3 Å². The summed E-state index contributed by atoms with van der Waals surface area (Å²) in [6.45, 7) is 4.72. The Morgan fingerprint density at radius 3 is 2.77 bits per heavy atom. The van der Waals surface area contributed by atoms with Crippen molar-refractivity contribution < 1.29 is 9.53 Å². The predicted molar refractivity (Wildman–Crippen MR) is 99.6 cm³/mol. The molecule has 1 atom stereocenters. The summed E-state index contributed by atoms with van der Waals surface area (Å²) in [5.41, 5.74) is 6.09. The van der Waals surface area contributed by atoms with Crippen LogP contribution in [0, 0.1) is 0 Å². The summed E-state index contributed by atoms with van der Waals surface area (Å²) in [5, 5.41) is 6.52. The van der Waals surface area contributed by atoms with Gasteiger partial charge in [-0.3, -0.25) is 9.79 Å². The van der Waals surface area contributed by atoms with E-state index >= 15 is 0 Å². The molecule has 0 spiro atoms. The molecule has 0 heterocycles. The summed E-state index contributed by atoms with van der Waals surface area (Å²) in [6, 6.07) is 7.87. The summed E-state index contributed by atoms with van der Waals surface area (Å²) in [7, 11) is 1.74. The highest BCUT2D eigenvalue weighted by molar-refractivity contribution is 14.0. The van der Waals surface area contributed by atoms with Crippen LogP contribution in [0.4, 0.5) is 0 Å². The Bertz CT molecular complexity index is 494. The highest BCUT2D eigenvalue weighted by Crippen LogP contribution is 2.13. The Balaban J connectivity index is 0.00000441. The fourth-order valence-corrected chi connectivity index (χ4v) is 1.62. The van der Waals surface area contributed by atoms with E-state index in [-0.39, 0.29) is 30.6 Å².